The summed E-state index contributed by atoms with van der Waals surface area (Å²) in [6, 6.07) is 0. The molecule has 0 radical (unpaired) electrons. The molecule has 0 unspecified atom stereocenters. The van der Waals surface area contributed by atoms with Gasteiger partial charge in [0, 0.05) is 5.92 Å². The van der Waals surface area contributed by atoms with Gasteiger partial charge in [-0.3, -0.25) is 4.79 Å². The molecular formula is C20H40N2O. The van der Waals surface area contributed by atoms with E-state index in [0.717, 1.165) is 25.9 Å². The largest absolute Gasteiger partial charge is 0.369 e. The number of nitrogens with zero attached hydrogens (tertiary/aromatic N) is 1. The highest BCUT2D eigenvalue weighted by atomic mass is 16.1. The summed E-state index contributed by atoms with van der Waals surface area (Å²) in [6.45, 7) is 5.61. The molecule has 0 aromatic rings. The van der Waals surface area contributed by atoms with Crippen LogP contribution in [0.2, 0.25) is 0 Å². The third-order valence-corrected chi connectivity index (χ3v) is 5.32. The van der Waals surface area contributed by atoms with Gasteiger partial charge in [-0.1, -0.05) is 77.6 Å². The highest BCUT2D eigenvalue weighted by Crippen LogP contribution is 2.17. The van der Waals surface area contributed by atoms with Gasteiger partial charge in [0.1, 0.15) is 0 Å². The summed E-state index contributed by atoms with van der Waals surface area (Å²) in [4.78, 5) is 13.6. The lowest BCUT2D eigenvalue weighted by atomic mass is 9.96. The van der Waals surface area contributed by atoms with Crippen LogP contribution in [0.5, 0.6) is 0 Å². The quantitative estimate of drug-likeness (QED) is 0.463. The first kappa shape index (κ1) is 20.5. The fourth-order valence-corrected chi connectivity index (χ4v) is 3.62. The van der Waals surface area contributed by atoms with E-state index in [0.29, 0.717) is 0 Å². The van der Waals surface area contributed by atoms with E-state index in [1.165, 1.54) is 83.6 Å². The van der Waals surface area contributed by atoms with Crippen molar-refractivity contribution >= 4 is 5.91 Å². The second kappa shape index (κ2) is 13.8. The maximum Gasteiger partial charge on any atom is 0.220 e. The van der Waals surface area contributed by atoms with Gasteiger partial charge in [-0.25, -0.2) is 0 Å². The Hall–Kier alpha value is -0.570. The van der Waals surface area contributed by atoms with Crippen molar-refractivity contribution in [2.24, 2.45) is 11.7 Å². The van der Waals surface area contributed by atoms with Gasteiger partial charge in [0.15, 0.2) is 0 Å². The molecule has 1 heterocycles. The molecule has 1 amide bonds. The maximum absolute atomic E-state index is 11.1. The summed E-state index contributed by atoms with van der Waals surface area (Å²) in [5.74, 6) is 0.0308. The smallest absolute Gasteiger partial charge is 0.220 e. The minimum atomic E-state index is -0.102. The lowest BCUT2D eigenvalue weighted by Gasteiger charge is -2.30. The van der Waals surface area contributed by atoms with Crippen molar-refractivity contribution in [3.8, 4) is 0 Å². The van der Waals surface area contributed by atoms with Gasteiger partial charge in [0.2, 0.25) is 5.91 Å². The minimum Gasteiger partial charge on any atom is -0.369 e. The fourth-order valence-electron chi connectivity index (χ4n) is 3.62. The van der Waals surface area contributed by atoms with Crippen LogP contribution in [0.4, 0.5) is 0 Å². The van der Waals surface area contributed by atoms with Crippen molar-refractivity contribution < 1.29 is 4.79 Å². The van der Waals surface area contributed by atoms with Crippen LogP contribution < -0.4 is 5.73 Å². The molecule has 1 fully saturated rings. The van der Waals surface area contributed by atoms with E-state index in [4.69, 9.17) is 5.73 Å². The molecule has 1 aliphatic rings. The van der Waals surface area contributed by atoms with Gasteiger partial charge >= 0.3 is 0 Å². The van der Waals surface area contributed by atoms with Crippen molar-refractivity contribution in [3.63, 3.8) is 0 Å². The lowest BCUT2D eigenvalue weighted by molar-refractivity contribution is -0.123. The summed E-state index contributed by atoms with van der Waals surface area (Å²) in [5, 5.41) is 0. The molecule has 0 bridgehead atoms. The fraction of sp³-hybridized carbons (Fsp3) is 0.950. The van der Waals surface area contributed by atoms with Crippen LogP contribution in [-0.4, -0.2) is 30.4 Å². The molecule has 0 atom stereocenters. The molecule has 3 nitrogen and oxygen atoms in total. The predicted octanol–water partition coefficient (Wildman–Crippen LogP) is 4.88. The zero-order chi connectivity index (χ0) is 16.8. The normalized spacial score (nSPS) is 16.7. The average Bonchev–Trinajstić information content (AvgIpc) is 2.56. The molecule has 23 heavy (non-hydrogen) atoms. The number of rotatable bonds is 14. The molecule has 1 saturated heterocycles. The number of primary amides is 1. The molecule has 0 aromatic carbocycles. The maximum atomic E-state index is 11.1. The summed E-state index contributed by atoms with van der Waals surface area (Å²) < 4.78 is 0. The van der Waals surface area contributed by atoms with Gasteiger partial charge in [0.05, 0.1) is 0 Å². The molecule has 0 spiro atoms. The Morgan fingerprint density at radius 1 is 0.826 bits per heavy atom. The van der Waals surface area contributed by atoms with Gasteiger partial charge in [-0.05, 0) is 38.9 Å². The standard InChI is InChI=1S/C20H40N2O/c1-2-3-4-5-6-7-8-9-10-11-12-13-16-22-17-14-19(15-18-22)20(21)23/h19H,2-18H2,1H3,(H2,21,23). The molecule has 1 aliphatic heterocycles. The molecule has 0 saturated carbocycles. The number of nitrogens with two attached hydrogens (primary N) is 1. The van der Waals surface area contributed by atoms with E-state index in [9.17, 15) is 4.79 Å². The van der Waals surface area contributed by atoms with Crippen LogP contribution in [-0.2, 0) is 4.79 Å². The number of piperidine rings is 1. The molecule has 0 aliphatic carbocycles. The van der Waals surface area contributed by atoms with E-state index >= 15 is 0 Å². The Bertz CT molecular complexity index is 285. The van der Waals surface area contributed by atoms with Gasteiger partial charge < -0.3 is 10.6 Å². The topological polar surface area (TPSA) is 46.3 Å². The van der Waals surface area contributed by atoms with E-state index < -0.39 is 0 Å². The zero-order valence-electron chi connectivity index (χ0n) is 15.5. The van der Waals surface area contributed by atoms with E-state index in [1.807, 2.05) is 0 Å². The molecule has 2 N–H and O–H groups in total. The Morgan fingerprint density at radius 2 is 1.26 bits per heavy atom. The molecule has 3 heteroatoms. The first-order chi connectivity index (χ1) is 11.2. The second-order valence-electron chi connectivity index (χ2n) is 7.41. The van der Waals surface area contributed by atoms with Crippen LogP contribution in [0.15, 0.2) is 0 Å². The van der Waals surface area contributed by atoms with Crippen molar-refractivity contribution in [1.82, 2.24) is 4.90 Å². The summed E-state index contributed by atoms with van der Waals surface area (Å²) >= 11 is 0. The zero-order valence-corrected chi connectivity index (χ0v) is 15.5. The van der Waals surface area contributed by atoms with Crippen LogP contribution in [0.1, 0.15) is 96.8 Å². The molecular weight excluding hydrogens is 284 g/mol. The lowest BCUT2D eigenvalue weighted by Crippen LogP contribution is -2.38. The number of amides is 1. The van der Waals surface area contributed by atoms with Crippen LogP contribution in [0.25, 0.3) is 0 Å². The van der Waals surface area contributed by atoms with Gasteiger partial charge in [-0.15, -0.1) is 0 Å². The predicted molar refractivity (Wildman–Crippen MR) is 99.4 cm³/mol. The Balaban J connectivity index is 1.79. The number of hydrogen-bond donors (Lipinski definition) is 1. The number of unbranched alkanes of at least 4 members (excludes halogenated alkanes) is 11. The number of carbonyl (C=O) groups is 1. The van der Waals surface area contributed by atoms with Crippen LogP contribution in [0.3, 0.4) is 0 Å². The minimum absolute atomic E-state index is 0.102. The van der Waals surface area contributed by atoms with E-state index in [1.54, 1.807) is 0 Å². The number of likely N-dealkylation sites (tertiary alicyclic amines) is 1. The number of hydrogen-bond acceptors (Lipinski definition) is 2. The third-order valence-electron chi connectivity index (χ3n) is 5.32. The Labute approximate surface area is 144 Å². The number of carbonyl (C=O) groups excluding carboxylic acids is 1. The third kappa shape index (κ3) is 10.8. The molecule has 136 valence electrons. The van der Waals surface area contributed by atoms with Crippen LogP contribution >= 0.6 is 0 Å². The Morgan fingerprint density at radius 3 is 1.70 bits per heavy atom. The average molecular weight is 325 g/mol. The van der Waals surface area contributed by atoms with E-state index in [2.05, 4.69) is 11.8 Å². The van der Waals surface area contributed by atoms with Gasteiger partial charge in [-0.2, -0.15) is 0 Å². The van der Waals surface area contributed by atoms with Crippen molar-refractivity contribution in [2.45, 2.75) is 96.8 Å². The molecule has 0 aromatic heterocycles. The van der Waals surface area contributed by atoms with Gasteiger partial charge in [0.25, 0.3) is 0 Å². The summed E-state index contributed by atoms with van der Waals surface area (Å²) in [6.07, 6.45) is 18.8. The van der Waals surface area contributed by atoms with Crippen LogP contribution in [0, 0.1) is 5.92 Å². The SMILES string of the molecule is CCCCCCCCCCCCCCN1CCC(C(N)=O)CC1. The summed E-state index contributed by atoms with van der Waals surface area (Å²) in [5.41, 5.74) is 5.38. The highest BCUT2D eigenvalue weighted by Gasteiger charge is 2.22. The first-order valence-electron chi connectivity index (χ1n) is 10.3. The first-order valence-corrected chi connectivity index (χ1v) is 10.3. The monoisotopic (exact) mass is 324 g/mol. The Kier molecular flexibility index (Phi) is 12.3. The second-order valence-corrected chi connectivity index (χ2v) is 7.41. The van der Waals surface area contributed by atoms with E-state index in [-0.39, 0.29) is 11.8 Å². The summed E-state index contributed by atoms with van der Waals surface area (Å²) in [7, 11) is 0. The molecule has 1 rings (SSSR count). The highest BCUT2D eigenvalue weighted by molar-refractivity contribution is 5.76. The van der Waals surface area contributed by atoms with Crippen molar-refractivity contribution in [3.05, 3.63) is 0 Å². The van der Waals surface area contributed by atoms with Crippen molar-refractivity contribution in [2.75, 3.05) is 19.6 Å². The van der Waals surface area contributed by atoms with Crippen molar-refractivity contribution in [1.29, 1.82) is 0 Å².